The van der Waals surface area contributed by atoms with Gasteiger partial charge in [-0.05, 0) is 38.2 Å². The Morgan fingerprint density at radius 3 is 2.54 bits per heavy atom. The zero-order valence-corrected chi connectivity index (χ0v) is 16.9. The first kappa shape index (κ1) is 19.4. The van der Waals surface area contributed by atoms with Crippen molar-refractivity contribution in [1.29, 1.82) is 0 Å². The van der Waals surface area contributed by atoms with E-state index in [-0.39, 0.29) is 12.1 Å². The van der Waals surface area contributed by atoms with Gasteiger partial charge >= 0.3 is 6.03 Å². The van der Waals surface area contributed by atoms with E-state index >= 15 is 0 Å². The molecule has 2 aliphatic heterocycles. The van der Waals surface area contributed by atoms with E-state index in [1.54, 1.807) is 0 Å². The summed E-state index contributed by atoms with van der Waals surface area (Å²) in [6.45, 7) is 8.10. The van der Waals surface area contributed by atoms with E-state index in [0.29, 0.717) is 6.04 Å². The summed E-state index contributed by atoms with van der Waals surface area (Å²) >= 11 is 1.90. The maximum Gasteiger partial charge on any atom is 0.317 e. The van der Waals surface area contributed by atoms with E-state index in [0.717, 1.165) is 45.6 Å². The summed E-state index contributed by atoms with van der Waals surface area (Å²) in [6, 6.07) is 11.2. The van der Waals surface area contributed by atoms with Crippen LogP contribution >= 0.6 is 11.8 Å². The first-order valence-corrected chi connectivity index (χ1v) is 11.1. The van der Waals surface area contributed by atoms with Crippen LogP contribution in [0.4, 0.5) is 10.5 Å². The fourth-order valence-corrected chi connectivity index (χ4v) is 4.35. The standard InChI is InChI=1S/C20H32N4OS/c1-17-16-23(19-6-4-3-5-7-19)12-13-24(17)20(25)21-18-8-10-22(11-9-18)14-15-26-2/h3-7,17-18H,8-16H2,1-2H3,(H,21,25)/t17-/m0/s1. The number of para-hydroxylation sites is 1. The lowest BCUT2D eigenvalue weighted by Gasteiger charge is -2.42. The van der Waals surface area contributed by atoms with Crippen LogP contribution in [0.3, 0.4) is 0 Å². The Morgan fingerprint density at radius 2 is 1.88 bits per heavy atom. The van der Waals surface area contributed by atoms with Gasteiger partial charge in [0, 0.05) is 62.8 Å². The Morgan fingerprint density at radius 1 is 1.15 bits per heavy atom. The number of anilines is 1. The van der Waals surface area contributed by atoms with Crippen LogP contribution in [0, 0.1) is 0 Å². The molecular formula is C20H32N4OS. The van der Waals surface area contributed by atoms with Crippen molar-refractivity contribution in [3.8, 4) is 0 Å². The van der Waals surface area contributed by atoms with Gasteiger partial charge in [-0.25, -0.2) is 4.79 Å². The van der Waals surface area contributed by atoms with Crippen LogP contribution in [0.1, 0.15) is 19.8 Å². The molecular weight excluding hydrogens is 344 g/mol. The van der Waals surface area contributed by atoms with Crippen molar-refractivity contribution < 1.29 is 4.79 Å². The second kappa shape index (κ2) is 9.51. The first-order chi connectivity index (χ1) is 12.7. The fraction of sp³-hybridized carbons (Fsp3) is 0.650. The molecule has 2 heterocycles. The zero-order valence-electron chi connectivity index (χ0n) is 16.1. The van der Waals surface area contributed by atoms with E-state index < -0.39 is 0 Å². The molecule has 1 aromatic rings. The van der Waals surface area contributed by atoms with E-state index in [1.807, 2.05) is 22.7 Å². The molecule has 0 radical (unpaired) electrons. The molecule has 5 nitrogen and oxygen atoms in total. The monoisotopic (exact) mass is 376 g/mol. The van der Waals surface area contributed by atoms with Crippen molar-refractivity contribution in [3.63, 3.8) is 0 Å². The number of likely N-dealkylation sites (tertiary alicyclic amines) is 1. The van der Waals surface area contributed by atoms with Crippen LogP contribution in [0.2, 0.25) is 0 Å². The topological polar surface area (TPSA) is 38.8 Å². The number of benzene rings is 1. The van der Waals surface area contributed by atoms with E-state index in [9.17, 15) is 4.79 Å². The van der Waals surface area contributed by atoms with Gasteiger partial charge in [0.15, 0.2) is 0 Å². The number of hydrogen-bond acceptors (Lipinski definition) is 4. The van der Waals surface area contributed by atoms with Gasteiger partial charge in [-0.3, -0.25) is 0 Å². The maximum absolute atomic E-state index is 12.8. The molecule has 0 aromatic heterocycles. The minimum atomic E-state index is 0.118. The quantitative estimate of drug-likeness (QED) is 0.858. The van der Waals surface area contributed by atoms with Gasteiger partial charge in [-0.2, -0.15) is 11.8 Å². The second-order valence-electron chi connectivity index (χ2n) is 7.38. The predicted molar refractivity (Wildman–Crippen MR) is 111 cm³/mol. The summed E-state index contributed by atoms with van der Waals surface area (Å²) in [5, 5.41) is 3.29. The Labute approximate surface area is 162 Å². The van der Waals surface area contributed by atoms with Crippen LogP contribution in [0.5, 0.6) is 0 Å². The number of piperazine rings is 1. The summed E-state index contributed by atoms with van der Waals surface area (Å²) in [6.07, 6.45) is 4.29. The second-order valence-corrected chi connectivity index (χ2v) is 8.37. The summed E-state index contributed by atoms with van der Waals surface area (Å²) < 4.78 is 0. The molecule has 6 heteroatoms. The molecule has 0 spiro atoms. The molecule has 0 aliphatic carbocycles. The van der Waals surface area contributed by atoms with Gasteiger partial charge in [0.25, 0.3) is 0 Å². The van der Waals surface area contributed by atoms with Crippen LogP contribution in [0.25, 0.3) is 0 Å². The molecule has 2 saturated heterocycles. The molecule has 26 heavy (non-hydrogen) atoms. The summed E-state index contributed by atoms with van der Waals surface area (Å²) in [5.74, 6) is 1.19. The van der Waals surface area contributed by atoms with Crippen LogP contribution in [-0.4, -0.2) is 79.2 Å². The average molecular weight is 377 g/mol. The molecule has 0 saturated carbocycles. The summed E-state index contributed by atoms with van der Waals surface area (Å²) in [5.41, 5.74) is 1.25. The fourth-order valence-electron chi connectivity index (χ4n) is 3.91. The number of piperidine rings is 1. The van der Waals surface area contributed by atoms with Crippen molar-refractivity contribution in [2.75, 3.05) is 56.2 Å². The van der Waals surface area contributed by atoms with Gasteiger partial charge in [0.1, 0.15) is 0 Å². The van der Waals surface area contributed by atoms with Gasteiger partial charge in [-0.15, -0.1) is 0 Å². The number of rotatable bonds is 5. The largest absolute Gasteiger partial charge is 0.368 e. The number of urea groups is 1. The Hall–Kier alpha value is -1.40. The van der Waals surface area contributed by atoms with Crippen molar-refractivity contribution in [2.24, 2.45) is 0 Å². The van der Waals surface area contributed by atoms with Gasteiger partial charge in [0.2, 0.25) is 0 Å². The highest BCUT2D eigenvalue weighted by Crippen LogP contribution is 2.19. The zero-order chi connectivity index (χ0) is 18.4. The lowest BCUT2D eigenvalue weighted by molar-refractivity contribution is 0.156. The number of carbonyl (C=O) groups is 1. The van der Waals surface area contributed by atoms with Crippen molar-refractivity contribution in [1.82, 2.24) is 15.1 Å². The molecule has 2 aliphatic rings. The van der Waals surface area contributed by atoms with Crippen molar-refractivity contribution >= 4 is 23.5 Å². The molecule has 1 N–H and O–H groups in total. The molecule has 3 rings (SSSR count). The Bertz CT molecular complexity index is 562. The Kier molecular flexibility index (Phi) is 7.08. The van der Waals surface area contributed by atoms with Gasteiger partial charge in [0.05, 0.1) is 0 Å². The highest BCUT2D eigenvalue weighted by atomic mass is 32.2. The van der Waals surface area contributed by atoms with E-state index in [1.165, 1.54) is 18.0 Å². The Balaban J connectivity index is 1.44. The SMILES string of the molecule is CSCCN1CCC(NC(=O)N2CCN(c3ccccc3)C[C@@H]2C)CC1. The van der Waals surface area contributed by atoms with Crippen LogP contribution in [-0.2, 0) is 0 Å². The molecule has 2 fully saturated rings. The lowest BCUT2D eigenvalue weighted by atomic mass is 10.1. The number of carbonyl (C=O) groups excluding carboxylic acids is 1. The third-order valence-electron chi connectivity index (χ3n) is 5.54. The maximum atomic E-state index is 12.8. The van der Waals surface area contributed by atoms with Gasteiger partial charge < -0.3 is 20.0 Å². The number of hydrogen-bond donors (Lipinski definition) is 1. The summed E-state index contributed by atoms with van der Waals surface area (Å²) in [7, 11) is 0. The number of amides is 2. The van der Waals surface area contributed by atoms with Crippen molar-refractivity contribution in [2.45, 2.75) is 31.8 Å². The summed E-state index contributed by atoms with van der Waals surface area (Å²) in [4.78, 5) is 19.7. The number of thioether (sulfide) groups is 1. The molecule has 0 bridgehead atoms. The third-order valence-corrected chi connectivity index (χ3v) is 6.13. The van der Waals surface area contributed by atoms with Crippen LogP contribution < -0.4 is 10.2 Å². The van der Waals surface area contributed by atoms with Gasteiger partial charge in [-0.1, -0.05) is 18.2 Å². The highest BCUT2D eigenvalue weighted by Gasteiger charge is 2.29. The average Bonchev–Trinajstić information content (AvgIpc) is 2.68. The van der Waals surface area contributed by atoms with E-state index in [2.05, 4.69) is 52.6 Å². The smallest absolute Gasteiger partial charge is 0.317 e. The van der Waals surface area contributed by atoms with Crippen molar-refractivity contribution in [3.05, 3.63) is 30.3 Å². The van der Waals surface area contributed by atoms with Crippen LogP contribution in [0.15, 0.2) is 30.3 Å². The molecule has 1 atom stereocenters. The number of nitrogens with one attached hydrogen (secondary N) is 1. The minimum absolute atomic E-state index is 0.118. The molecule has 0 unspecified atom stereocenters. The lowest BCUT2D eigenvalue weighted by Crippen LogP contribution is -2.58. The highest BCUT2D eigenvalue weighted by molar-refractivity contribution is 7.98. The number of nitrogens with zero attached hydrogens (tertiary/aromatic N) is 3. The molecule has 2 amide bonds. The molecule has 1 aromatic carbocycles. The first-order valence-electron chi connectivity index (χ1n) is 9.76. The molecule has 144 valence electrons. The normalized spacial score (nSPS) is 22.5. The minimum Gasteiger partial charge on any atom is -0.368 e. The third kappa shape index (κ3) is 5.07. The predicted octanol–water partition coefficient (Wildman–Crippen LogP) is 2.73. The van der Waals surface area contributed by atoms with E-state index in [4.69, 9.17) is 0 Å².